The fourth-order valence-electron chi connectivity index (χ4n) is 2.20. The third kappa shape index (κ3) is 6.07. The van der Waals surface area contributed by atoms with E-state index in [0.717, 1.165) is 35.8 Å². The van der Waals surface area contributed by atoms with Gasteiger partial charge in [0.2, 0.25) is 0 Å². The van der Waals surface area contributed by atoms with Crippen molar-refractivity contribution in [3.8, 4) is 0 Å². The van der Waals surface area contributed by atoms with E-state index < -0.39 is 0 Å². The summed E-state index contributed by atoms with van der Waals surface area (Å²) >= 11 is 0. The fourth-order valence-corrected chi connectivity index (χ4v) is 2.20. The first-order valence-electron chi connectivity index (χ1n) is 7.84. The van der Waals surface area contributed by atoms with E-state index in [4.69, 9.17) is 9.57 Å². The molecule has 1 rings (SSSR count). The Morgan fingerprint density at radius 3 is 2.82 bits per heavy atom. The van der Waals surface area contributed by atoms with Crippen LogP contribution in [0.25, 0.3) is 0 Å². The van der Waals surface area contributed by atoms with Crippen LogP contribution in [-0.4, -0.2) is 38.3 Å². The van der Waals surface area contributed by atoms with Crippen molar-refractivity contribution >= 4 is 5.84 Å². The van der Waals surface area contributed by atoms with E-state index in [2.05, 4.69) is 41.9 Å². The molecule has 1 aliphatic heterocycles. The quantitative estimate of drug-likeness (QED) is 0.473. The van der Waals surface area contributed by atoms with Crippen LogP contribution in [0.1, 0.15) is 41.0 Å². The largest absolute Gasteiger partial charge is 0.413 e. The minimum absolute atomic E-state index is 0.226. The summed E-state index contributed by atoms with van der Waals surface area (Å²) in [5.74, 6) is 1.74. The highest BCUT2D eigenvalue weighted by molar-refractivity contribution is 5.99. The van der Waals surface area contributed by atoms with Gasteiger partial charge in [-0.25, -0.2) is 4.99 Å². The molecule has 0 aromatic rings. The highest BCUT2D eigenvalue weighted by Gasteiger charge is 2.16. The number of aliphatic imine (C=N–C) groups is 1. The smallest absolute Gasteiger partial charge is 0.128 e. The molecule has 0 amide bonds. The van der Waals surface area contributed by atoms with Crippen molar-refractivity contribution in [3.05, 3.63) is 23.1 Å². The Hall–Kier alpha value is -1.53. The van der Waals surface area contributed by atoms with Crippen molar-refractivity contribution in [2.45, 2.75) is 53.2 Å². The Labute approximate surface area is 134 Å². The van der Waals surface area contributed by atoms with Crippen LogP contribution in [0, 0.1) is 0 Å². The topological polar surface area (TPSA) is 66.9 Å². The van der Waals surface area contributed by atoms with Gasteiger partial charge >= 0.3 is 0 Å². The first-order valence-corrected chi connectivity index (χ1v) is 7.84. The molecule has 0 radical (unpaired) electrons. The number of hydrogen-bond donors (Lipinski definition) is 3. The molecule has 6 nitrogen and oxygen atoms in total. The molecule has 0 aliphatic carbocycles. The molecule has 1 aliphatic rings. The van der Waals surface area contributed by atoms with E-state index >= 15 is 0 Å². The van der Waals surface area contributed by atoms with Crippen molar-refractivity contribution < 1.29 is 9.57 Å². The predicted molar refractivity (Wildman–Crippen MR) is 90.3 cm³/mol. The molecule has 1 heterocycles. The molecule has 126 valence electrons. The zero-order valence-electron chi connectivity index (χ0n) is 14.6. The van der Waals surface area contributed by atoms with Crippen LogP contribution in [0.3, 0.4) is 0 Å². The molecule has 2 atom stereocenters. The number of nitrogens with zero attached hydrogens (tertiary/aromatic N) is 1. The molecule has 3 N–H and O–H groups in total. The zero-order valence-corrected chi connectivity index (χ0v) is 14.6. The Balaban J connectivity index is 2.71. The number of nitrogens with one attached hydrogen (secondary N) is 3. The Morgan fingerprint density at radius 1 is 1.45 bits per heavy atom. The molecule has 0 saturated carbocycles. The second-order valence-corrected chi connectivity index (χ2v) is 5.56. The SMILES string of the molecule is CCNO/C(C)=C/C1=C(C)C(NC(C)CC(C)OC)=NCN1. The maximum atomic E-state index is 5.39. The van der Waals surface area contributed by atoms with Gasteiger partial charge in [-0.15, -0.1) is 0 Å². The van der Waals surface area contributed by atoms with Crippen LogP contribution in [0.5, 0.6) is 0 Å². The molecular weight excluding hydrogens is 280 g/mol. The highest BCUT2D eigenvalue weighted by Crippen LogP contribution is 2.12. The number of amidine groups is 1. The summed E-state index contributed by atoms with van der Waals surface area (Å²) < 4.78 is 5.31. The van der Waals surface area contributed by atoms with Gasteiger partial charge in [0.1, 0.15) is 18.3 Å². The van der Waals surface area contributed by atoms with Gasteiger partial charge in [-0.2, -0.15) is 5.48 Å². The molecule has 0 spiro atoms. The first-order chi connectivity index (χ1) is 10.5. The van der Waals surface area contributed by atoms with Crippen LogP contribution in [0.4, 0.5) is 0 Å². The van der Waals surface area contributed by atoms with Gasteiger partial charge in [0, 0.05) is 37.0 Å². The van der Waals surface area contributed by atoms with Gasteiger partial charge in [-0.05, 0) is 41.0 Å². The maximum Gasteiger partial charge on any atom is 0.128 e. The molecule has 22 heavy (non-hydrogen) atoms. The van der Waals surface area contributed by atoms with Crippen LogP contribution >= 0.6 is 0 Å². The Morgan fingerprint density at radius 2 is 2.18 bits per heavy atom. The van der Waals surface area contributed by atoms with Crippen LogP contribution in [0.15, 0.2) is 28.1 Å². The van der Waals surface area contributed by atoms with Crippen molar-refractivity contribution in [1.82, 2.24) is 16.1 Å². The van der Waals surface area contributed by atoms with Crippen molar-refractivity contribution in [2.75, 3.05) is 20.3 Å². The van der Waals surface area contributed by atoms with Crippen molar-refractivity contribution in [1.29, 1.82) is 0 Å². The monoisotopic (exact) mass is 310 g/mol. The standard InChI is InChI=1S/C16H30N4O2/c1-7-19-22-13(4)9-15-14(5)16(18-10-17-15)20-11(2)8-12(3)21-6/h9,11-12,17,19H,7-8,10H2,1-6H3,(H,18,20)/b13-9+. The van der Waals surface area contributed by atoms with Gasteiger partial charge in [0.05, 0.1) is 6.10 Å². The lowest BCUT2D eigenvalue weighted by Gasteiger charge is -2.24. The van der Waals surface area contributed by atoms with Crippen LogP contribution < -0.4 is 16.1 Å². The summed E-state index contributed by atoms with van der Waals surface area (Å²) in [6, 6.07) is 0.297. The lowest BCUT2D eigenvalue weighted by molar-refractivity contribution is 0.104. The number of methoxy groups -OCH3 is 1. The number of hydroxylamine groups is 1. The molecule has 0 saturated heterocycles. The molecule has 0 aromatic heterocycles. The highest BCUT2D eigenvalue weighted by atomic mass is 16.6. The van der Waals surface area contributed by atoms with E-state index in [9.17, 15) is 0 Å². The summed E-state index contributed by atoms with van der Waals surface area (Å²) in [5, 5.41) is 6.74. The minimum Gasteiger partial charge on any atom is -0.413 e. The summed E-state index contributed by atoms with van der Waals surface area (Å²) in [5.41, 5.74) is 4.96. The zero-order chi connectivity index (χ0) is 16.5. The average Bonchev–Trinajstić information content (AvgIpc) is 2.49. The maximum absolute atomic E-state index is 5.39. The van der Waals surface area contributed by atoms with Gasteiger partial charge < -0.3 is 20.2 Å². The van der Waals surface area contributed by atoms with E-state index in [-0.39, 0.29) is 6.10 Å². The number of hydrogen-bond acceptors (Lipinski definition) is 6. The second-order valence-electron chi connectivity index (χ2n) is 5.56. The number of allylic oxidation sites excluding steroid dienone is 2. The molecule has 0 aromatic carbocycles. The van der Waals surface area contributed by atoms with E-state index in [1.54, 1.807) is 7.11 Å². The molecule has 0 fully saturated rings. The van der Waals surface area contributed by atoms with E-state index in [1.807, 2.05) is 19.9 Å². The summed E-state index contributed by atoms with van der Waals surface area (Å²) in [7, 11) is 1.74. The van der Waals surface area contributed by atoms with Crippen LogP contribution in [-0.2, 0) is 9.57 Å². The van der Waals surface area contributed by atoms with Crippen LogP contribution in [0.2, 0.25) is 0 Å². The van der Waals surface area contributed by atoms with Gasteiger partial charge in [-0.3, -0.25) is 0 Å². The Bertz CT molecular complexity index is 443. The van der Waals surface area contributed by atoms with Crippen molar-refractivity contribution in [3.63, 3.8) is 0 Å². The molecular formula is C16H30N4O2. The third-order valence-electron chi connectivity index (χ3n) is 3.46. The summed E-state index contributed by atoms with van der Waals surface area (Å²) in [6.45, 7) is 11.5. The predicted octanol–water partition coefficient (Wildman–Crippen LogP) is 2.07. The number of ether oxygens (including phenoxy) is 1. The van der Waals surface area contributed by atoms with Crippen molar-refractivity contribution in [2.24, 2.45) is 4.99 Å². The van der Waals surface area contributed by atoms with Gasteiger partial charge in [0.25, 0.3) is 0 Å². The first kappa shape index (κ1) is 18.5. The molecule has 0 bridgehead atoms. The van der Waals surface area contributed by atoms with E-state index in [1.165, 1.54) is 0 Å². The fraction of sp³-hybridized carbons (Fsp3) is 0.688. The molecule has 2 unspecified atom stereocenters. The number of rotatable bonds is 8. The van der Waals surface area contributed by atoms with Gasteiger partial charge in [-0.1, -0.05) is 0 Å². The normalized spacial score (nSPS) is 18.5. The van der Waals surface area contributed by atoms with Gasteiger partial charge in [0.15, 0.2) is 0 Å². The van der Waals surface area contributed by atoms with E-state index in [0.29, 0.717) is 12.7 Å². The average molecular weight is 310 g/mol. The summed E-state index contributed by atoms with van der Waals surface area (Å²) in [4.78, 5) is 9.90. The summed E-state index contributed by atoms with van der Waals surface area (Å²) in [6.07, 6.45) is 3.14. The lowest BCUT2D eigenvalue weighted by atomic mass is 10.1. The molecule has 6 heteroatoms. The minimum atomic E-state index is 0.226. The lowest BCUT2D eigenvalue weighted by Crippen LogP contribution is -2.39. The second kappa shape index (κ2) is 9.48. The Kier molecular flexibility index (Phi) is 7.98. The third-order valence-corrected chi connectivity index (χ3v) is 3.46.